The van der Waals surface area contributed by atoms with Crippen molar-refractivity contribution >= 4 is 15.9 Å². The second-order valence-electron chi connectivity index (χ2n) is 6.75. The maximum absolute atomic E-state index is 3.69. The van der Waals surface area contributed by atoms with E-state index >= 15 is 0 Å². The van der Waals surface area contributed by atoms with Crippen LogP contribution in [0.2, 0.25) is 0 Å². The molecule has 0 saturated carbocycles. The van der Waals surface area contributed by atoms with Gasteiger partial charge in [-0.1, -0.05) is 56.5 Å². The molecule has 1 heterocycles. The molecule has 1 unspecified atom stereocenters. The zero-order valence-electron chi connectivity index (χ0n) is 12.1. The van der Waals surface area contributed by atoms with Crippen LogP contribution in [0.4, 0.5) is 0 Å². The van der Waals surface area contributed by atoms with Gasteiger partial charge in [-0.15, -0.1) is 0 Å². The van der Waals surface area contributed by atoms with Crippen molar-refractivity contribution in [3.8, 4) is 0 Å². The van der Waals surface area contributed by atoms with Crippen molar-refractivity contribution in [3.63, 3.8) is 0 Å². The van der Waals surface area contributed by atoms with Crippen molar-refractivity contribution in [2.24, 2.45) is 17.3 Å². The van der Waals surface area contributed by atoms with Crippen LogP contribution in [0.3, 0.4) is 0 Å². The Morgan fingerprint density at radius 2 is 1.82 bits per heavy atom. The molecule has 1 nitrogen and oxygen atoms in total. The highest BCUT2D eigenvalue weighted by atomic mass is 79.9. The standard InChI is InChI=1S/C15H30BrN/c1-5-6-13-7-9-17(10-8-13)12-14(11-16)15(2,3)4/h13-14H,5-12H2,1-4H3. The topological polar surface area (TPSA) is 3.24 Å². The van der Waals surface area contributed by atoms with Crippen molar-refractivity contribution in [2.45, 2.75) is 53.4 Å². The number of alkyl halides is 1. The summed E-state index contributed by atoms with van der Waals surface area (Å²) >= 11 is 3.69. The fourth-order valence-electron chi connectivity index (χ4n) is 2.73. The van der Waals surface area contributed by atoms with Gasteiger partial charge >= 0.3 is 0 Å². The summed E-state index contributed by atoms with van der Waals surface area (Å²) in [4.78, 5) is 2.68. The van der Waals surface area contributed by atoms with E-state index in [-0.39, 0.29) is 0 Å². The molecule has 2 heteroatoms. The minimum absolute atomic E-state index is 0.420. The molecule has 1 rings (SSSR count). The van der Waals surface area contributed by atoms with E-state index < -0.39 is 0 Å². The Kier molecular flexibility index (Phi) is 6.50. The Labute approximate surface area is 116 Å². The van der Waals surface area contributed by atoms with Gasteiger partial charge in [0.2, 0.25) is 0 Å². The van der Waals surface area contributed by atoms with E-state index in [1.165, 1.54) is 45.3 Å². The van der Waals surface area contributed by atoms with Crippen LogP contribution in [0.15, 0.2) is 0 Å². The second-order valence-corrected chi connectivity index (χ2v) is 7.40. The number of nitrogens with zero attached hydrogens (tertiary/aromatic N) is 1. The van der Waals surface area contributed by atoms with Gasteiger partial charge in [-0.25, -0.2) is 0 Å². The summed E-state index contributed by atoms with van der Waals surface area (Å²) in [5.74, 6) is 1.78. The molecule has 0 aromatic heterocycles. The van der Waals surface area contributed by atoms with Crippen LogP contribution in [0.5, 0.6) is 0 Å². The molecule has 0 N–H and O–H groups in total. The maximum atomic E-state index is 3.69. The summed E-state index contributed by atoms with van der Waals surface area (Å²) in [5, 5.41) is 1.13. The van der Waals surface area contributed by atoms with Crippen LogP contribution in [0, 0.1) is 17.3 Å². The van der Waals surface area contributed by atoms with Gasteiger partial charge in [0.1, 0.15) is 0 Å². The molecular formula is C15H30BrN. The number of halogens is 1. The zero-order valence-corrected chi connectivity index (χ0v) is 13.7. The quantitative estimate of drug-likeness (QED) is 0.673. The molecule has 0 radical (unpaired) electrons. The van der Waals surface area contributed by atoms with Crippen molar-refractivity contribution in [1.29, 1.82) is 0 Å². The molecular weight excluding hydrogens is 274 g/mol. The molecule has 102 valence electrons. The largest absolute Gasteiger partial charge is 0.303 e. The number of hydrogen-bond acceptors (Lipinski definition) is 1. The Morgan fingerprint density at radius 3 is 2.24 bits per heavy atom. The highest BCUT2D eigenvalue weighted by Crippen LogP contribution is 2.30. The van der Waals surface area contributed by atoms with Gasteiger partial charge in [-0.2, -0.15) is 0 Å². The lowest BCUT2D eigenvalue weighted by Crippen LogP contribution is -2.41. The summed E-state index contributed by atoms with van der Waals surface area (Å²) in [6, 6.07) is 0. The average molecular weight is 304 g/mol. The Hall–Kier alpha value is 0.440. The predicted octanol–water partition coefficient (Wildman–Crippen LogP) is 4.56. The Balaban J connectivity index is 2.34. The highest BCUT2D eigenvalue weighted by molar-refractivity contribution is 9.09. The van der Waals surface area contributed by atoms with Gasteiger partial charge < -0.3 is 4.90 Å². The molecule has 0 aromatic carbocycles. The van der Waals surface area contributed by atoms with E-state index in [1.54, 1.807) is 0 Å². The summed E-state index contributed by atoms with van der Waals surface area (Å²) in [7, 11) is 0. The van der Waals surface area contributed by atoms with Gasteiger partial charge in [0.15, 0.2) is 0 Å². The zero-order chi connectivity index (χ0) is 12.9. The summed E-state index contributed by atoms with van der Waals surface area (Å²) in [6.45, 7) is 13.3. The van der Waals surface area contributed by atoms with Gasteiger partial charge in [-0.3, -0.25) is 0 Å². The van der Waals surface area contributed by atoms with Crippen molar-refractivity contribution in [1.82, 2.24) is 4.90 Å². The third kappa shape index (κ3) is 5.30. The van der Waals surface area contributed by atoms with Crippen LogP contribution in [0.1, 0.15) is 53.4 Å². The van der Waals surface area contributed by atoms with Crippen molar-refractivity contribution in [2.75, 3.05) is 25.0 Å². The van der Waals surface area contributed by atoms with Gasteiger partial charge in [-0.05, 0) is 43.2 Å². The van der Waals surface area contributed by atoms with Gasteiger partial charge in [0.25, 0.3) is 0 Å². The van der Waals surface area contributed by atoms with Gasteiger partial charge in [0, 0.05) is 11.9 Å². The molecule has 0 amide bonds. The first-order valence-corrected chi connectivity index (χ1v) is 8.37. The smallest absolute Gasteiger partial charge is 0.00768 e. The lowest BCUT2D eigenvalue weighted by molar-refractivity contribution is 0.123. The van der Waals surface area contributed by atoms with Crippen LogP contribution in [-0.4, -0.2) is 29.9 Å². The molecule has 0 aliphatic carbocycles. The molecule has 17 heavy (non-hydrogen) atoms. The number of hydrogen-bond donors (Lipinski definition) is 0. The minimum atomic E-state index is 0.420. The van der Waals surface area contributed by atoms with E-state index in [0.29, 0.717) is 5.41 Å². The number of piperidine rings is 1. The van der Waals surface area contributed by atoms with E-state index in [2.05, 4.69) is 48.5 Å². The molecule has 1 saturated heterocycles. The monoisotopic (exact) mass is 303 g/mol. The molecule has 0 spiro atoms. The SMILES string of the molecule is CCCC1CCN(CC(CBr)C(C)(C)C)CC1. The third-order valence-corrected chi connectivity index (χ3v) is 5.08. The van der Waals surface area contributed by atoms with Gasteiger partial charge in [0.05, 0.1) is 0 Å². The molecule has 0 aromatic rings. The van der Waals surface area contributed by atoms with E-state index in [0.717, 1.165) is 17.2 Å². The lowest BCUT2D eigenvalue weighted by Gasteiger charge is -2.38. The van der Waals surface area contributed by atoms with Crippen LogP contribution >= 0.6 is 15.9 Å². The van der Waals surface area contributed by atoms with E-state index in [1.807, 2.05) is 0 Å². The molecule has 1 aliphatic rings. The summed E-state index contributed by atoms with van der Waals surface area (Å²) in [5.41, 5.74) is 0.420. The average Bonchev–Trinajstić information content (AvgIpc) is 2.27. The fourth-order valence-corrected chi connectivity index (χ4v) is 3.91. The third-order valence-electron chi connectivity index (χ3n) is 4.29. The highest BCUT2D eigenvalue weighted by Gasteiger charge is 2.27. The first-order valence-electron chi connectivity index (χ1n) is 7.25. The van der Waals surface area contributed by atoms with Crippen molar-refractivity contribution < 1.29 is 0 Å². The number of likely N-dealkylation sites (tertiary alicyclic amines) is 1. The summed E-state index contributed by atoms with van der Waals surface area (Å²) in [6.07, 6.45) is 5.64. The molecule has 1 atom stereocenters. The second kappa shape index (κ2) is 7.13. The first-order chi connectivity index (χ1) is 7.97. The Morgan fingerprint density at radius 1 is 1.24 bits per heavy atom. The molecule has 1 aliphatic heterocycles. The fraction of sp³-hybridized carbons (Fsp3) is 1.00. The van der Waals surface area contributed by atoms with E-state index in [9.17, 15) is 0 Å². The Bertz CT molecular complexity index is 201. The minimum Gasteiger partial charge on any atom is -0.303 e. The summed E-state index contributed by atoms with van der Waals surface area (Å²) < 4.78 is 0. The predicted molar refractivity (Wildman–Crippen MR) is 80.8 cm³/mol. The molecule has 0 bridgehead atoms. The lowest BCUT2D eigenvalue weighted by atomic mass is 9.81. The van der Waals surface area contributed by atoms with Crippen molar-refractivity contribution in [3.05, 3.63) is 0 Å². The maximum Gasteiger partial charge on any atom is 0.00768 e. The van der Waals surface area contributed by atoms with E-state index in [4.69, 9.17) is 0 Å². The first kappa shape index (κ1) is 15.5. The number of rotatable bonds is 5. The van der Waals surface area contributed by atoms with Crippen LogP contribution < -0.4 is 0 Å². The van der Waals surface area contributed by atoms with Crippen LogP contribution in [0.25, 0.3) is 0 Å². The molecule has 1 fully saturated rings. The van der Waals surface area contributed by atoms with Crippen LogP contribution in [-0.2, 0) is 0 Å². The normalized spacial score (nSPS) is 21.7.